The van der Waals surface area contributed by atoms with E-state index in [1.807, 2.05) is 0 Å². The van der Waals surface area contributed by atoms with E-state index in [1.165, 1.54) is 244 Å². The summed E-state index contributed by atoms with van der Waals surface area (Å²) in [6.45, 7) is 6.54. The maximum absolute atomic E-state index is 12.9. The normalized spacial score (nSPS) is 12.4. The second-order valence-electron chi connectivity index (χ2n) is 23.4. The minimum atomic E-state index is -0.802. The highest BCUT2D eigenvalue weighted by Gasteiger charge is 2.19. The fourth-order valence-corrected chi connectivity index (χ4v) is 10.4. The van der Waals surface area contributed by atoms with Crippen LogP contribution in [-0.4, -0.2) is 37.2 Å². The van der Waals surface area contributed by atoms with E-state index in [0.29, 0.717) is 19.3 Å². The molecule has 460 valence electrons. The van der Waals surface area contributed by atoms with Crippen LogP contribution in [0.4, 0.5) is 0 Å². The second-order valence-corrected chi connectivity index (χ2v) is 23.4. The minimum Gasteiger partial charge on any atom is -0.462 e. The van der Waals surface area contributed by atoms with Crippen LogP contribution in [0.15, 0.2) is 60.8 Å². The molecule has 0 N–H and O–H groups in total. The molecule has 0 bridgehead atoms. The van der Waals surface area contributed by atoms with E-state index >= 15 is 0 Å². The van der Waals surface area contributed by atoms with Crippen LogP contribution >= 0.6 is 0 Å². The van der Waals surface area contributed by atoms with Crippen molar-refractivity contribution in [2.45, 2.75) is 374 Å². The maximum Gasteiger partial charge on any atom is 0.306 e. The van der Waals surface area contributed by atoms with Gasteiger partial charge >= 0.3 is 17.9 Å². The van der Waals surface area contributed by atoms with Crippen molar-refractivity contribution in [3.05, 3.63) is 60.8 Å². The van der Waals surface area contributed by atoms with E-state index in [1.54, 1.807) is 0 Å². The van der Waals surface area contributed by atoms with E-state index in [2.05, 4.69) is 81.5 Å². The number of allylic oxidation sites excluding steroid dienone is 10. The summed E-state index contributed by atoms with van der Waals surface area (Å²) < 4.78 is 16.9. The van der Waals surface area contributed by atoms with Gasteiger partial charge in [-0.1, -0.05) is 351 Å². The zero-order valence-corrected chi connectivity index (χ0v) is 52.9. The first-order valence-electron chi connectivity index (χ1n) is 34.8. The molecule has 0 saturated heterocycles. The smallest absolute Gasteiger partial charge is 0.306 e. The molecule has 0 radical (unpaired) electrons. The predicted octanol–water partition coefficient (Wildman–Crippen LogP) is 23.9. The van der Waals surface area contributed by atoms with Crippen LogP contribution in [0.1, 0.15) is 367 Å². The Hall–Kier alpha value is -2.89. The molecule has 0 aliphatic heterocycles. The fraction of sp³-hybridized carbons (Fsp3) is 0.822. The van der Waals surface area contributed by atoms with Crippen molar-refractivity contribution >= 4 is 17.9 Å². The van der Waals surface area contributed by atoms with Crippen LogP contribution in [0, 0.1) is 0 Å². The van der Waals surface area contributed by atoms with E-state index in [4.69, 9.17) is 14.2 Å². The zero-order chi connectivity index (χ0) is 57.1. The van der Waals surface area contributed by atoms with Gasteiger partial charge in [0, 0.05) is 19.3 Å². The summed E-state index contributed by atoms with van der Waals surface area (Å²) in [5, 5.41) is 0. The van der Waals surface area contributed by atoms with Crippen LogP contribution < -0.4 is 0 Å². The largest absolute Gasteiger partial charge is 0.462 e. The van der Waals surface area contributed by atoms with Crippen LogP contribution in [-0.2, 0) is 28.6 Å². The second kappa shape index (κ2) is 67.6. The lowest BCUT2D eigenvalue weighted by molar-refractivity contribution is -0.167. The van der Waals surface area contributed by atoms with Crippen molar-refractivity contribution in [2.75, 3.05) is 13.2 Å². The molecule has 6 nitrogen and oxygen atoms in total. The molecule has 0 aromatic rings. The van der Waals surface area contributed by atoms with Gasteiger partial charge in [0.2, 0.25) is 0 Å². The number of rotatable bonds is 64. The number of ether oxygens (including phenoxy) is 3. The number of carbonyl (C=O) groups is 3. The quantitative estimate of drug-likeness (QED) is 0.0261. The van der Waals surface area contributed by atoms with Crippen LogP contribution in [0.3, 0.4) is 0 Å². The monoisotopic (exact) mass is 1110 g/mol. The predicted molar refractivity (Wildman–Crippen MR) is 344 cm³/mol. The zero-order valence-electron chi connectivity index (χ0n) is 52.9. The van der Waals surface area contributed by atoms with Gasteiger partial charge in [-0.15, -0.1) is 0 Å². The summed E-state index contributed by atoms with van der Waals surface area (Å²) in [6.07, 6.45) is 87.0. The summed E-state index contributed by atoms with van der Waals surface area (Å²) in [5.74, 6) is -0.929. The Morgan fingerprint density at radius 1 is 0.266 bits per heavy atom. The van der Waals surface area contributed by atoms with E-state index < -0.39 is 6.10 Å². The fourth-order valence-electron chi connectivity index (χ4n) is 10.4. The number of esters is 3. The first kappa shape index (κ1) is 76.1. The van der Waals surface area contributed by atoms with Crippen LogP contribution in [0.25, 0.3) is 0 Å². The third-order valence-corrected chi connectivity index (χ3v) is 15.5. The van der Waals surface area contributed by atoms with Crippen LogP contribution in [0.5, 0.6) is 0 Å². The lowest BCUT2D eigenvalue weighted by Gasteiger charge is -2.18. The Bertz CT molecular complexity index is 1410. The number of carbonyl (C=O) groups excluding carboxylic acids is 3. The lowest BCUT2D eigenvalue weighted by atomic mass is 10.0. The molecule has 1 unspecified atom stereocenters. The van der Waals surface area contributed by atoms with Gasteiger partial charge in [-0.2, -0.15) is 0 Å². The first-order valence-corrected chi connectivity index (χ1v) is 34.8. The average Bonchev–Trinajstić information content (AvgIpc) is 3.45. The highest BCUT2D eigenvalue weighted by Crippen LogP contribution is 2.18. The Morgan fingerprint density at radius 2 is 0.494 bits per heavy atom. The van der Waals surface area contributed by atoms with Crippen molar-refractivity contribution < 1.29 is 28.6 Å². The molecule has 0 aromatic heterocycles. The summed E-state index contributed by atoms with van der Waals surface area (Å²) in [5.41, 5.74) is 0. The lowest BCUT2D eigenvalue weighted by Crippen LogP contribution is -2.30. The van der Waals surface area contributed by atoms with Crippen molar-refractivity contribution in [2.24, 2.45) is 0 Å². The Balaban J connectivity index is 4.21. The molecule has 0 aliphatic carbocycles. The molecule has 0 amide bonds. The summed E-state index contributed by atoms with van der Waals surface area (Å²) in [4.78, 5) is 38.3. The number of hydrogen-bond acceptors (Lipinski definition) is 6. The molecule has 0 fully saturated rings. The molecule has 0 heterocycles. The molecule has 0 saturated carbocycles. The third-order valence-electron chi connectivity index (χ3n) is 15.5. The number of hydrogen-bond donors (Lipinski definition) is 0. The molecular weight excluding hydrogens is 973 g/mol. The molecule has 6 heteroatoms. The Labute approximate surface area is 491 Å². The van der Waals surface area contributed by atoms with Crippen molar-refractivity contribution in [1.29, 1.82) is 0 Å². The minimum absolute atomic E-state index is 0.0922. The maximum atomic E-state index is 12.9. The summed E-state index contributed by atoms with van der Waals surface area (Å²) in [6, 6.07) is 0. The molecule has 0 aliphatic rings. The van der Waals surface area contributed by atoms with Gasteiger partial charge in [0.25, 0.3) is 0 Å². The Kier molecular flexibility index (Phi) is 65.1. The summed E-state index contributed by atoms with van der Waals surface area (Å²) >= 11 is 0. The first-order chi connectivity index (χ1) is 39.0. The standard InChI is InChI=1S/C73H132O6/c1-4-7-10-13-16-19-22-25-28-30-31-32-33-34-35-36-37-38-39-40-41-42-44-45-48-51-54-57-60-63-66-72(75)78-69-70(68-77-71(74)65-62-59-56-53-50-47-27-24-21-18-15-12-9-6-3)79-73(76)67-64-61-58-55-52-49-46-43-29-26-23-20-17-14-11-8-5-2/h8,11,17,20,26,29,46,49,55,58,70H,4-7,9-10,12-16,18-19,21-25,27-28,30-45,47-48,50-54,56-57,59-69H2,1-3H3/b11-8-,20-17-,29-26-,49-46-,58-55-. The highest BCUT2D eigenvalue weighted by molar-refractivity contribution is 5.71. The summed E-state index contributed by atoms with van der Waals surface area (Å²) in [7, 11) is 0. The molecular formula is C73H132O6. The van der Waals surface area contributed by atoms with Gasteiger partial charge in [0.05, 0.1) is 0 Å². The topological polar surface area (TPSA) is 78.9 Å². The van der Waals surface area contributed by atoms with Gasteiger partial charge in [-0.05, 0) is 57.8 Å². The van der Waals surface area contributed by atoms with Crippen molar-refractivity contribution in [3.8, 4) is 0 Å². The van der Waals surface area contributed by atoms with E-state index in [9.17, 15) is 14.4 Å². The van der Waals surface area contributed by atoms with Crippen LogP contribution in [0.2, 0.25) is 0 Å². The molecule has 0 spiro atoms. The number of unbranched alkanes of at least 4 members (excludes halogenated alkanes) is 43. The SMILES string of the molecule is CC/C=C\C/C=C\C/C=C\C/C=C\C/C=C\CCCC(=O)OC(COC(=O)CCCCCCCCCCCCCCCC)COC(=O)CCCCCCCCCCCCCCCCCCCCCCCCCCCCCCCC. The van der Waals surface area contributed by atoms with Crippen molar-refractivity contribution in [1.82, 2.24) is 0 Å². The third kappa shape index (κ3) is 65.8. The van der Waals surface area contributed by atoms with E-state index in [-0.39, 0.29) is 37.5 Å². The highest BCUT2D eigenvalue weighted by atomic mass is 16.6. The van der Waals surface area contributed by atoms with Gasteiger partial charge in [-0.3, -0.25) is 14.4 Å². The average molecular weight is 1110 g/mol. The van der Waals surface area contributed by atoms with Gasteiger partial charge < -0.3 is 14.2 Å². The molecule has 1 atom stereocenters. The van der Waals surface area contributed by atoms with Crippen molar-refractivity contribution in [3.63, 3.8) is 0 Å². The van der Waals surface area contributed by atoms with Gasteiger partial charge in [-0.25, -0.2) is 0 Å². The van der Waals surface area contributed by atoms with Gasteiger partial charge in [0.15, 0.2) is 6.10 Å². The van der Waals surface area contributed by atoms with Gasteiger partial charge in [0.1, 0.15) is 13.2 Å². The molecule has 79 heavy (non-hydrogen) atoms. The Morgan fingerprint density at radius 3 is 0.759 bits per heavy atom. The molecule has 0 rings (SSSR count). The van der Waals surface area contributed by atoms with E-state index in [0.717, 1.165) is 77.0 Å². The molecule has 0 aromatic carbocycles.